The van der Waals surface area contributed by atoms with Gasteiger partial charge >= 0.3 is 5.69 Å². The first-order valence-electron chi connectivity index (χ1n) is 9.04. The van der Waals surface area contributed by atoms with E-state index < -0.39 is 10.5 Å². The summed E-state index contributed by atoms with van der Waals surface area (Å²) in [5.74, 6) is 1.93. The zero-order valence-electron chi connectivity index (χ0n) is 16.2. The van der Waals surface area contributed by atoms with E-state index in [0.29, 0.717) is 5.75 Å². The van der Waals surface area contributed by atoms with Crippen LogP contribution in [0.3, 0.4) is 0 Å². The van der Waals surface area contributed by atoms with Crippen molar-refractivity contribution in [3.8, 4) is 5.75 Å². The smallest absolute Gasteiger partial charge is 0.311 e. The van der Waals surface area contributed by atoms with Crippen LogP contribution < -0.4 is 9.64 Å². The molecule has 1 aliphatic rings. The second kappa shape index (κ2) is 7.51. The minimum absolute atomic E-state index is 0.00714. The number of nitro groups is 1. The molecule has 9 heteroatoms. The predicted molar refractivity (Wildman–Crippen MR) is 102 cm³/mol. The summed E-state index contributed by atoms with van der Waals surface area (Å²) in [5.41, 5.74) is 0.428. The van der Waals surface area contributed by atoms with Gasteiger partial charge < -0.3 is 9.64 Å². The Hall–Kier alpha value is -2.68. The molecule has 1 aromatic carbocycles. The van der Waals surface area contributed by atoms with E-state index in [0.717, 1.165) is 50.1 Å². The molecular weight excluding hydrogens is 348 g/mol. The number of nitro benzene ring substituents is 1. The molecule has 0 bridgehead atoms. The van der Waals surface area contributed by atoms with E-state index in [2.05, 4.69) is 25.0 Å². The van der Waals surface area contributed by atoms with Gasteiger partial charge in [0.25, 0.3) is 0 Å². The zero-order valence-corrected chi connectivity index (χ0v) is 16.2. The lowest BCUT2D eigenvalue weighted by Crippen LogP contribution is -2.46. The molecule has 1 aliphatic heterocycles. The highest BCUT2D eigenvalue weighted by molar-refractivity contribution is 5.59. The first-order chi connectivity index (χ1) is 12.7. The minimum atomic E-state index is -0.503. The molecule has 0 unspecified atom stereocenters. The molecule has 0 saturated carbocycles. The average Bonchev–Trinajstić information content (AvgIpc) is 2.98. The number of rotatable bonds is 5. The molecule has 1 aromatic heterocycles. The van der Waals surface area contributed by atoms with E-state index in [9.17, 15) is 10.1 Å². The number of benzene rings is 1. The van der Waals surface area contributed by atoms with Crippen LogP contribution in [-0.4, -0.2) is 56.8 Å². The third kappa shape index (κ3) is 4.94. The summed E-state index contributed by atoms with van der Waals surface area (Å²) < 4.78 is 5.83. The number of hydrogen-bond acceptors (Lipinski definition) is 7. The lowest BCUT2D eigenvalue weighted by Gasteiger charge is -2.35. The van der Waals surface area contributed by atoms with Gasteiger partial charge in [-0.15, -0.1) is 0 Å². The molecule has 2 heterocycles. The number of ether oxygens (including phenoxy) is 1. The standard InChI is InChI=1S/C18H26N6O3/c1-13-19-17(21-20-13)12-22-7-9-23(10-8-22)14-5-6-15(24(25)26)16(11-14)27-18(2,3)4/h5-6,11H,7-10,12H2,1-4H3,(H,19,20,21). The van der Waals surface area contributed by atoms with E-state index in [4.69, 9.17) is 4.74 Å². The highest BCUT2D eigenvalue weighted by Gasteiger charge is 2.24. The maximum Gasteiger partial charge on any atom is 0.311 e. The molecular formula is C18H26N6O3. The Morgan fingerprint density at radius 3 is 2.52 bits per heavy atom. The van der Waals surface area contributed by atoms with E-state index in [1.54, 1.807) is 12.1 Å². The first-order valence-corrected chi connectivity index (χ1v) is 9.04. The molecule has 0 atom stereocenters. The van der Waals surface area contributed by atoms with Crippen LogP contribution in [0.15, 0.2) is 18.2 Å². The summed E-state index contributed by atoms with van der Waals surface area (Å²) >= 11 is 0. The van der Waals surface area contributed by atoms with Crippen LogP contribution >= 0.6 is 0 Å². The van der Waals surface area contributed by atoms with Crippen molar-refractivity contribution in [2.45, 2.75) is 39.8 Å². The monoisotopic (exact) mass is 374 g/mol. The second-order valence-corrected chi connectivity index (χ2v) is 7.72. The van der Waals surface area contributed by atoms with Crippen molar-refractivity contribution in [2.24, 2.45) is 0 Å². The fourth-order valence-electron chi connectivity index (χ4n) is 3.09. The third-order valence-corrected chi connectivity index (χ3v) is 4.30. The van der Waals surface area contributed by atoms with Crippen molar-refractivity contribution in [2.75, 3.05) is 31.1 Å². The molecule has 2 aromatic rings. The number of anilines is 1. The van der Waals surface area contributed by atoms with Crippen molar-refractivity contribution in [3.05, 3.63) is 40.0 Å². The van der Waals surface area contributed by atoms with Crippen molar-refractivity contribution in [1.82, 2.24) is 20.1 Å². The van der Waals surface area contributed by atoms with Gasteiger partial charge in [-0.05, 0) is 33.8 Å². The van der Waals surface area contributed by atoms with Gasteiger partial charge in [-0.3, -0.25) is 20.1 Å². The van der Waals surface area contributed by atoms with E-state index in [1.165, 1.54) is 6.07 Å². The van der Waals surface area contributed by atoms with Gasteiger partial charge in [0, 0.05) is 44.0 Å². The highest BCUT2D eigenvalue weighted by atomic mass is 16.6. The van der Waals surface area contributed by atoms with Crippen LogP contribution in [0.25, 0.3) is 0 Å². The number of nitrogens with zero attached hydrogens (tertiary/aromatic N) is 5. The largest absolute Gasteiger partial charge is 0.481 e. The lowest BCUT2D eigenvalue weighted by molar-refractivity contribution is -0.386. The van der Waals surface area contributed by atoms with Crippen LogP contribution in [-0.2, 0) is 6.54 Å². The maximum atomic E-state index is 11.3. The Labute approximate surface area is 158 Å². The minimum Gasteiger partial charge on any atom is -0.481 e. The summed E-state index contributed by atoms with van der Waals surface area (Å²) in [6, 6.07) is 5.10. The lowest BCUT2D eigenvalue weighted by atomic mass is 10.1. The zero-order chi connectivity index (χ0) is 19.6. The number of aromatic nitrogens is 3. The number of aryl methyl sites for hydroxylation is 1. The van der Waals surface area contributed by atoms with Crippen LogP contribution in [0.5, 0.6) is 5.75 Å². The maximum absolute atomic E-state index is 11.3. The van der Waals surface area contributed by atoms with Crippen molar-refractivity contribution in [3.63, 3.8) is 0 Å². The predicted octanol–water partition coefficient (Wildman–Crippen LogP) is 2.52. The number of piperazine rings is 1. The molecule has 0 spiro atoms. The molecule has 0 radical (unpaired) electrons. The first kappa shape index (κ1) is 19.1. The Balaban J connectivity index is 1.68. The molecule has 3 rings (SSSR count). The molecule has 1 fully saturated rings. The van der Waals surface area contributed by atoms with Gasteiger partial charge in [0.1, 0.15) is 11.4 Å². The van der Waals surface area contributed by atoms with Crippen LogP contribution in [0.2, 0.25) is 0 Å². The van der Waals surface area contributed by atoms with Crippen molar-refractivity contribution < 1.29 is 9.66 Å². The summed E-state index contributed by atoms with van der Waals surface area (Å²) in [7, 11) is 0. The quantitative estimate of drug-likeness (QED) is 0.634. The Morgan fingerprint density at radius 2 is 1.96 bits per heavy atom. The summed E-state index contributed by atoms with van der Waals surface area (Å²) in [6.45, 7) is 11.7. The molecule has 9 nitrogen and oxygen atoms in total. The Morgan fingerprint density at radius 1 is 1.26 bits per heavy atom. The van der Waals surface area contributed by atoms with Gasteiger partial charge in [-0.25, -0.2) is 4.98 Å². The summed E-state index contributed by atoms with van der Waals surface area (Å²) in [6.07, 6.45) is 0. The molecule has 0 aliphatic carbocycles. The third-order valence-electron chi connectivity index (χ3n) is 4.30. The Kier molecular flexibility index (Phi) is 5.31. The van der Waals surface area contributed by atoms with Gasteiger partial charge in [0.05, 0.1) is 11.5 Å². The average molecular weight is 374 g/mol. The Bertz CT molecular complexity index is 806. The topological polar surface area (TPSA) is 100 Å². The van der Waals surface area contributed by atoms with E-state index in [1.807, 2.05) is 27.7 Å². The van der Waals surface area contributed by atoms with Gasteiger partial charge in [-0.1, -0.05) is 0 Å². The molecule has 27 heavy (non-hydrogen) atoms. The molecule has 0 amide bonds. The van der Waals surface area contributed by atoms with Crippen molar-refractivity contribution in [1.29, 1.82) is 0 Å². The SMILES string of the molecule is Cc1nc(CN2CCN(c3ccc([N+](=O)[O-])c(OC(C)(C)C)c3)CC2)n[nH]1. The van der Waals surface area contributed by atoms with Crippen LogP contribution in [0, 0.1) is 17.0 Å². The fourth-order valence-corrected chi connectivity index (χ4v) is 3.09. The van der Waals surface area contributed by atoms with Crippen molar-refractivity contribution >= 4 is 11.4 Å². The number of nitrogens with one attached hydrogen (secondary N) is 1. The fraction of sp³-hybridized carbons (Fsp3) is 0.556. The second-order valence-electron chi connectivity index (χ2n) is 7.72. The number of H-pyrrole nitrogens is 1. The summed E-state index contributed by atoms with van der Waals surface area (Å²) in [5, 5.41) is 18.4. The summed E-state index contributed by atoms with van der Waals surface area (Å²) in [4.78, 5) is 19.8. The molecule has 1 saturated heterocycles. The normalized spacial score (nSPS) is 15.8. The van der Waals surface area contributed by atoms with E-state index in [-0.39, 0.29) is 5.69 Å². The van der Waals surface area contributed by atoms with Gasteiger partial charge in [0.2, 0.25) is 0 Å². The van der Waals surface area contributed by atoms with E-state index >= 15 is 0 Å². The number of hydrogen-bond donors (Lipinski definition) is 1. The van der Waals surface area contributed by atoms with Gasteiger partial charge in [0.15, 0.2) is 11.6 Å². The van der Waals surface area contributed by atoms with Crippen LogP contribution in [0.4, 0.5) is 11.4 Å². The highest BCUT2D eigenvalue weighted by Crippen LogP contribution is 2.34. The number of aromatic amines is 1. The molecule has 146 valence electrons. The molecule has 1 N–H and O–H groups in total. The van der Waals surface area contributed by atoms with Gasteiger partial charge in [-0.2, -0.15) is 5.10 Å². The van der Waals surface area contributed by atoms with Crippen LogP contribution in [0.1, 0.15) is 32.4 Å².